The monoisotopic (exact) mass is 179 g/mol. The number of hydrogen-bond acceptors (Lipinski definition) is 3. The molecule has 0 radical (unpaired) electrons. The van der Waals surface area contributed by atoms with Crippen molar-refractivity contribution in [2.24, 2.45) is 0 Å². The van der Waals surface area contributed by atoms with E-state index >= 15 is 0 Å². The van der Waals surface area contributed by atoms with Crippen LogP contribution in [-0.4, -0.2) is 23.8 Å². The van der Waals surface area contributed by atoms with Gasteiger partial charge in [-0.3, -0.25) is 9.59 Å². The number of nitrogens with one attached hydrogen (secondary N) is 2. The van der Waals surface area contributed by atoms with Crippen LogP contribution in [0.5, 0.6) is 0 Å². The zero-order chi connectivity index (χ0) is 9.68. The van der Waals surface area contributed by atoms with Crippen molar-refractivity contribution in [1.82, 2.24) is 10.3 Å². The van der Waals surface area contributed by atoms with Gasteiger partial charge in [0.25, 0.3) is 0 Å². The van der Waals surface area contributed by atoms with Crippen LogP contribution in [0.15, 0.2) is 24.4 Å². The van der Waals surface area contributed by atoms with Crippen LogP contribution in [0.25, 0.3) is 0 Å². The van der Waals surface area contributed by atoms with Crippen molar-refractivity contribution in [3.05, 3.63) is 24.4 Å². The van der Waals surface area contributed by atoms with Gasteiger partial charge in [0.2, 0.25) is 0 Å². The minimum atomic E-state index is -0.721. The lowest BCUT2D eigenvalue weighted by Crippen LogP contribution is -2.32. The molecule has 1 heterocycles. The van der Waals surface area contributed by atoms with Crippen molar-refractivity contribution < 1.29 is 9.59 Å². The topological polar surface area (TPSA) is 71.1 Å². The molecule has 0 aliphatic heterocycles. The fourth-order valence-corrected chi connectivity index (χ4v) is 0.723. The maximum Gasteiger partial charge on any atom is 0.314 e. The highest BCUT2D eigenvalue weighted by molar-refractivity contribution is 6.39. The summed E-state index contributed by atoms with van der Waals surface area (Å²) in [6.07, 6.45) is 1.53. The van der Waals surface area contributed by atoms with E-state index in [9.17, 15) is 9.59 Å². The summed E-state index contributed by atoms with van der Waals surface area (Å²) in [7, 11) is 1.39. The maximum atomic E-state index is 11.0. The van der Waals surface area contributed by atoms with Crippen LogP contribution in [0.4, 0.5) is 5.82 Å². The SMILES string of the molecule is CNC(=O)C(=O)Nc1ccccn1. The van der Waals surface area contributed by atoms with Crippen molar-refractivity contribution in [3.8, 4) is 0 Å². The third kappa shape index (κ3) is 2.55. The van der Waals surface area contributed by atoms with E-state index in [1.807, 2.05) is 0 Å². The lowest BCUT2D eigenvalue weighted by atomic mass is 10.4. The van der Waals surface area contributed by atoms with Gasteiger partial charge in [0.1, 0.15) is 5.82 Å². The Morgan fingerprint density at radius 2 is 2.08 bits per heavy atom. The van der Waals surface area contributed by atoms with Gasteiger partial charge in [-0.1, -0.05) is 6.07 Å². The van der Waals surface area contributed by atoms with Gasteiger partial charge in [0.15, 0.2) is 0 Å². The summed E-state index contributed by atoms with van der Waals surface area (Å²) in [5.74, 6) is -1.05. The number of pyridine rings is 1. The number of anilines is 1. The summed E-state index contributed by atoms with van der Waals surface area (Å²) >= 11 is 0. The summed E-state index contributed by atoms with van der Waals surface area (Å²) in [4.78, 5) is 25.6. The second kappa shape index (κ2) is 4.20. The van der Waals surface area contributed by atoms with E-state index in [2.05, 4.69) is 15.6 Å². The number of likely N-dealkylation sites (N-methyl/N-ethyl adjacent to an activating group) is 1. The van der Waals surface area contributed by atoms with Gasteiger partial charge in [0, 0.05) is 13.2 Å². The van der Waals surface area contributed by atoms with Crippen molar-refractivity contribution in [2.45, 2.75) is 0 Å². The molecule has 0 aliphatic rings. The quantitative estimate of drug-likeness (QED) is 0.585. The zero-order valence-electron chi connectivity index (χ0n) is 7.07. The maximum absolute atomic E-state index is 11.0. The summed E-state index contributed by atoms with van der Waals surface area (Å²) in [5.41, 5.74) is 0. The molecule has 2 N–H and O–H groups in total. The van der Waals surface area contributed by atoms with Crippen molar-refractivity contribution in [1.29, 1.82) is 0 Å². The molecule has 1 aromatic heterocycles. The zero-order valence-corrected chi connectivity index (χ0v) is 7.07. The Balaban J connectivity index is 2.60. The molecule has 0 saturated carbocycles. The molecule has 5 nitrogen and oxygen atoms in total. The fourth-order valence-electron chi connectivity index (χ4n) is 0.723. The first kappa shape index (κ1) is 9.18. The normalized spacial score (nSPS) is 9.00. The van der Waals surface area contributed by atoms with Crippen LogP contribution < -0.4 is 10.6 Å². The fraction of sp³-hybridized carbons (Fsp3) is 0.125. The van der Waals surface area contributed by atoms with Crippen molar-refractivity contribution in [3.63, 3.8) is 0 Å². The summed E-state index contributed by atoms with van der Waals surface area (Å²) < 4.78 is 0. The summed E-state index contributed by atoms with van der Waals surface area (Å²) in [6.45, 7) is 0. The first-order valence-electron chi connectivity index (χ1n) is 3.68. The first-order chi connectivity index (χ1) is 6.24. The van der Waals surface area contributed by atoms with Crippen LogP contribution in [-0.2, 0) is 9.59 Å². The van der Waals surface area contributed by atoms with E-state index in [1.54, 1.807) is 18.2 Å². The summed E-state index contributed by atoms with van der Waals surface area (Å²) in [5, 5.41) is 4.54. The Kier molecular flexibility index (Phi) is 2.97. The van der Waals surface area contributed by atoms with Crippen LogP contribution in [0.1, 0.15) is 0 Å². The molecule has 0 atom stereocenters. The van der Waals surface area contributed by atoms with Gasteiger partial charge < -0.3 is 10.6 Å². The molecule has 5 heteroatoms. The molecule has 0 aliphatic carbocycles. The van der Waals surface area contributed by atoms with E-state index in [-0.39, 0.29) is 0 Å². The van der Waals surface area contributed by atoms with Crippen molar-refractivity contribution >= 4 is 17.6 Å². The van der Waals surface area contributed by atoms with Gasteiger partial charge in [-0.05, 0) is 12.1 Å². The standard InChI is InChI=1S/C8H9N3O2/c1-9-7(12)8(13)11-6-4-2-3-5-10-6/h2-5H,1H3,(H,9,12)(H,10,11,13). The lowest BCUT2D eigenvalue weighted by molar-refractivity contribution is -0.135. The summed E-state index contributed by atoms with van der Waals surface area (Å²) in [6, 6.07) is 5.03. The molecule has 0 saturated heterocycles. The third-order valence-electron chi connectivity index (χ3n) is 1.34. The lowest BCUT2D eigenvalue weighted by Gasteiger charge is -2.01. The van der Waals surface area contributed by atoms with E-state index in [0.717, 1.165) is 0 Å². The average molecular weight is 179 g/mol. The number of rotatable bonds is 1. The number of hydrogen-bond donors (Lipinski definition) is 2. The molecular weight excluding hydrogens is 170 g/mol. The predicted molar refractivity (Wildman–Crippen MR) is 46.9 cm³/mol. The molecular formula is C8H9N3O2. The van der Waals surface area contributed by atoms with E-state index < -0.39 is 11.8 Å². The molecule has 0 fully saturated rings. The number of nitrogens with zero attached hydrogens (tertiary/aromatic N) is 1. The predicted octanol–water partition coefficient (Wildman–Crippen LogP) is -0.234. The number of carbonyl (C=O) groups is 2. The molecule has 2 amide bonds. The minimum absolute atomic E-state index is 0.358. The van der Waals surface area contributed by atoms with Crippen LogP contribution in [0, 0.1) is 0 Å². The molecule has 1 aromatic rings. The minimum Gasteiger partial charge on any atom is -0.351 e. The molecule has 0 bridgehead atoms. The van der Waals surface area contributed by atoms with E-state index in [0.29, 0.717) is 5.82 Å². The Morgan fingerprint density at radius 3 is 2.62 bits per heavy atom. The number of amides is 2. The Bertz CT molecular complexity index is 310. The number of aromatic nitrogens is 1. The molecule has 0 unspecified atom stereocenters. The molecule has 13 heavy (non-hydrogen) atoms. The van der Waals surface area contributed by atoms with E-state index in [4.69, 9.17) is 0 Å². The molecule has 1 rings (SSSR count). The van der Waals surface area contributed by atoms with Crippen molar-refractivity contribution in [2.75, 3.05) is 12.4 Å². The largest absolute Gasteiger partial charge is 0.351 e. The van der Waals surface area contributed by atoms with Gasteiger partial charge in [-0.15, -0.1) is 0 Å². The van der Waals surface area contributed by atoms with E-state index in [1.165, 1.54) is 13.2 Å². The smallest absolute Gasteiger partial charge is 0.314 e. The first-order valence-corrected chi connectivity index (χ1v) is 3.68. The number of carbonyl (C=O) groups excluding carboxylic acids is 2. The van der Waals surface area contributed by atoms with Crippen LogP contribution >= 0.6 is 0 Å². The van der Waals surface area contributed by atoms with Crippen LogP contribution in [0.2, 0.25) is 0 Å². The molecule has 0 spiro atoms. The Labute approximate surface area is 75.2 Å². The van der Waals surface area contributed by atoms with Gasteiger partial charge in [-0.25, -0.2) is 4.98 Å². The van der Waals surface area contributed by atoms with Crippen LogP contribution in [0.3, 0.4) is 0 Å². The highest BCUT2D eigenvalue weighted by Crippen LogP contribution is 1.98. The van der Waals surface area contributed by atoms with Gasteiger partial charge in [-0.2, -0.15) is 0 Å². The highest BCUT2D eigenvalue weighted by atomic mass is 16.2. The Hall–Kier alpha value is -1.91. The molecule has 68 valence electrons. The second-order valence-electron chi connectivity index (χ2n) is 2.25. The molecule has 0 aromatic carbocycles. The third-order valence-corrected chi connectivity index (χ3v) is 1.34. The second-order valence-corrected chi connectivity index (χ2v) is 2.25. The average Bonchev–Trinajstić information content (AvgIpc) is 2.18. The Morgan fingerprint density at radius 1 is 1.31 bits per heavy atom. The van der Waals surface area contributed by atoms with Gasteiger partial charge in [0.05, 0.1) is 0 Å². The van der Waals surface area contributed by atoms with Gasteiger partial charge >= 0.3 is 11.8 Å². The highest BCUT2D eigenvalue weighted by Gasteiger charge is 2.10.